The smallest absolute Gasteiger partial charge is 0.316 e. The summed E-state index contributed by atoms with van der Waals surface area (Å²) in [6, 6.07) is 8.59. The van der Waals surface area contributed by atoms with E-state index in [-0.39, 0.29) is 23.6 Å². The van der Waals surface area contributed by atoms with Gasteiger partial charge in [0, 0.05) is 18.9 Å². The van der Waals surface area contributed by atoms with Crippen LogP contribution in [0.5, 0.6) is 11.8 Å². The molecule has 3 rings (SSSR count). The molecule has 0 unspecified atom stereocenters. The largest absolute Gasteiger partial charge is 0.495 e. The van der Waals surface area contributed by atoms with E-state index < -0.39 is 10.0 Å². The van der Waals surface area contributed by atoms with Crippen LogP contribution < -0.4 is 9.47 Å². The third-order valence-corrected chi connectivity index (χ3v) is 5.75. The van der Waals surface area contributed by atoms with Gasteiger partial charge < -0.3 is 9.47 Å². The summed E-state index contributed by atoms with van der Waals surface area (Å²) in [7, 11) is -2.18. The molecule has 0 radical (unpaired) electrons. The molecule has 0 amide bonds. The lowest BCUT2D eigenvalue weighted by atomic mass is 10.1. The Morgan fingerprint density at radius 1 is 1.17 bits per heavy atom. The fourth-order valence-electron chi connectivity index (χ4n) is 2.69. The van der Waals surface area contributed by atoms with Crippen LogP contribution >= 0.6 is 0 Å². The molecule has 7 nitrogen and oxygen atoms in total. The number of methoxy groups -OCH3 is 1. The summed E-state index contributed by atoms with van der Waals surface area (Å²) in [6.07, 6.45) is 4.39. The van der Waals surface area contributed by atoms with Crippen LogP contribution in [0.4, 0.5) is 0 Å². The van der Waals surface area contributed by atoms with Gasteiger partial charge in [0.1, 0.15) is 16.7 Å². The Hall–Kier alpha value is -2.19. The number of sulfonamides is 1. The van der Waals surface area contributed by atoms with E-state index in [4.69, 9.17) is 9.47 Å². The first-order valence-corrected chi connectivity index (χ1v) is 9.12. The number of aromatic nitrogens is 2. The second kappa shape index (κ2) is 7.14. The number of para-hydroxylation sites is 1. The van der Waals surface area contributed by atoms with Gasteiger partial charge in [-0.15, -0.1) is 0 Å². The molecule has 1 aromatic carbocycles. The van der Waals surface area contributed by atoms with Crippen molar-refractivity contribution in [1.82, 2.24) is 14.3 Å². The second-order valence-corrected chi connectivity index (χ2v) is 7.33. The summed E-state index contributed by atoms with van der Waals surface area (Å²) in [5.74, 6) is 0.340. The number of hydrogen-bond donors (Lipinski definition) is 0. The summed E-state index contributed by atoms with van der Waals surface area (Å²) in [6.45, 7) is 0.717. The van der Waals surface area contributed by atoms with Crippen molar-refractivity contribution in [3.8, 4) is 11.8 Å². The highest BCUT2D eigenvalue weighted by Gasteiger charge is 2.33. The molecule has 2 heterocycles. The predicted molar refractivity (Wildman–Crippen MR) is 87.4 cm³/mol. The number of piperidine rings is 1. The third-order valence-electron chi connectivity index (χ3n) is 3.84. The molecule has 1 aliphatic heterocycles. The van der Waals surface area contributed by atoms with E-state index >= 15 is 0 Å². The van der Waals surface area contributed by atoms with Gasteiger partial charge in [-0.05, 0) is 31.0 Å². The molecule has 0 bridgehead atoms. The van der Waals surface area contributed by atoms with Crippen LogP contribution in [0.2, 0.25) is 0 Å². The maximum absolute atomic E-state index is 12.9. The second-order valence-electron chi connectivity index (χ2n) is 5.43. The van der Waals surface area contributed by atoms with Crippen molar-refractivity contribution in [2.45, 2.75) is 23.8 Å². The zero-order valence-corrected chi connectivity index (χ0v) is 14.1. The van der Waals surface area contributed by atoms with Crippen LogP contribution in [0, 0.1) is 0 Å². The molecule has 128 valence electrons. The number of rotatable bonds is 5. The van der Waals surface area contributed by atoms with Crippen LogP contribution in [0.3, 0.4) is 0 Å². The van der Waals surface area contributed by atoms with E-state index in [9.17, 15) is 8.42 Å². The van der Waals surface area contributed by atoms with Gasteiger partial charge in [-0.25, -0.2) is 18.4 Å². The zero-order chi connectivity index (χ0) is 17.0. The van der Waals surface area contributed by atoms with E-state index in [1.807, 2.05) is 0 Å². The summed E-state index contributed by atoms with van der Waals surface area (Å²) in [5, 5.41) is 0. The Bertz CT molecular complexity index is 783. The van der Waals surface area contributed by atoms with Crippen LogP contribution in [-0.2, 0) is 10.0 Å². The average Bonchev–Trinajstić information content (AvgIpc) is 2.63. The van der Waals surface area contributed by atoms with Gasteiger partial charge in [0.15, 0.2) is 0 Å². The van der Waals surface area contributed by atoms with Crippen LogP contribution in [0.25, 0.3) is 0 Å². The zero-order valence-electron chi connectivity index (χ0n) is 13.3. The van der Waals surface area contributed by atoms with Crippen molar-refractivity contribution in [3.63, 3.8) is 0 Å². The molecule has 1 saturated heterocycles. The maximum Gasteiger partial charge on any atom is 0.316 e. The highest BCUT2D eigenvalue weighted by molar-refractivity contribution is 7.89. The minimum absolute atomic E-state index is 0.170. The quantitative estimate of drug-likeness (QED) is 0.817. The van der Waals surface area contributed by atoms with E-state index in [1.165, 1.54) is 11.4 Å². The van der Waals surface area contributed by atoms with Crippen molar-refractivity contribution in [2.24, 2.45) is 0 Å². The number of ether oxygens (including phenoxy) is 2. The SMILES string of the molecule is COc1ccccc1S(=O)(=O)N1CCC[C@@H](Oc2ncccn2)C1. The Balaban J connectivity index is 1.78. The molecule has 0 saturated carbocycles. The topological polar surface area (TPSA) is 81.6 Å². The molecule has 2 aromatic rings. The fourth-order valence-corrected chi connectivity index (χ4v) is 4.35. The van der Waals surface area contributed by atoms with E-state index in [0.29, 0.717) is 18.7 Å². The minimum atomic E-state index is -3.64. The molecular formula is C16H19N3O4S. The summed E-state index contributed by atoms with van der Waals surface area (Å²) in [5.41, 5.74) is 0. The van der Waals surface area contributed by atoms with Crippen LogP contribution in [-0.4, -0.2) is 49.0 Å². The first-order chi connectivity index (χ1) is 11.6. The molecule has 8 heteroatoms. The standard InChI is InChI=1S/C16H19N3O4S/c1-22-14-7-2-3-8-15(14)24(20,21)19-11-4-6-13(12-19)23-16-17-9-5-10-18-16/h2-3,5,7-10,13H,4,6,11-12H2,1H3/t13-/m1/s1. The van der Waals surface area contributed by atoms with Crippen molar-refractivity contribution in [3.05, 3.63) is 42.7 Å². The lowest BCUT2D eigenvalue weighted by Gasteiger charge is -2.31. The van der Waals surface area contributed by atoms with Gasteiger partial charge in [0.05, 0.1) is 13.7 Å². The summed E-state index contributed by atoms with van der Waals surface area (Å²) >= 11 is 0. The average molecular weight is 349 g/mol. The van der Waals surface area contributed by atoms with Crippen molar-refractivity contribution < 1.29 is 17.9 Å². The van der Waals surface area contributed by atoms with E-state index in [0.717, 1.165) is 6.42 Å². The normalized spacial score (nSPS) is 19.0. The van der Waals surface area contributed by atoms with Gasteiger partial charge in [-0.1, -0.05) is 12.1 Å². The van der Waals surface area contributed by atoms with E-state index in [2.05, 4.69) is 9.97 Å². The molecule has 1 aromatic heterocycles. The molecule has 0 aliphatic carbocycles. The molecule has 0 N–H and O–H groups in total. The molecule has 24 heavy (non-hydrogen) atoms. The molecule has 1 aliphatic rings. The summed E-state index contributed by atoms with van der Waals surface area (Å²) in [4.78, 5) is 8.22. The van der Waals surface area contributed by atoms with Gasteiger partial charge in [0.2, 0.25) is 10.0 Å². The van der Waals surface area contributed by atoms with Gasteiger partial charge >= 0.3 is 6.01 Å². The maximum atomic E-state index is 12.9. The van der Waals surface area contributed by atoms with Gasteiger partial charge in [-0.3, -0.25) is 0 Å². The van der Waals surface area contributed by atoms with Crippen molar-refractivity contribution in [2.75, 3.05) is 20.2 Å². The Kier molecular flexibility index (Phi) is 4.96. The highest BCUT2D eigenvalue weighted by Crippen LogP contribution is 2.28. The lowest BCUT2D eigenvalue weighted by Crippen LogP contribution is -2.44. The van der Waals surface area contributed by atoms with Crippen LogP contribution in [0.1, 0.15) is 12.8 Å². The van der Waals surface area contributed by atoms with Gasteiger partial charge in [0.25, 0.3) is 0 Å². The Morgan fingerprint density at radius 2 is 1.92 bits per heavy atom. The minimum Gasteiger partial charge on any atom is -0.495 e. The fraction of sp³-hybridized carbons (Fsp3) is 0.375. The Labute approximate surface area is 141 Å². The first-order valence-electron chi connectivity index (χ1n) is 7.68. The predicted octanol–water partition coefficient (Wildman–Crippen LogP) is 1.72. The molecule has 0 spiro atoms. The molecule has 1 fully saturated rings. The number of benzene rings is 1. The molecular weight excluding hydrogens is 330 g/mol. The molecule has 1 atom stereocenters. The summed E-state index contributed by atoms with van der Waals surface area (Å²) < 4.78 is 38.2. The monoisotopic (exact) mass is 349 g/mol. The highest BCUT2D eigenvalue weighted by atomic mass is 32.2. The first kappa shape index (κ1) is 16.7. The van der Waals surface area contributed by atoms with E-state index in [1.54, 1.807) is 42.7 Å². The van der Waals surface area contributed by atoms with Gasteiger partial charge in [-0.2, -0.15) is 4.31 Å². The lowest BCUT2D eigenvalue weighted by molar-refractivity contribution is 0.119. The number of hydrogen-bond acceptors (Lipinski definition) is 6. The van der Waals surface area contributed by atoms with Crippen molar-refractivity contribution >= 4 is 10.0 Å². The third kappa shape index (κ3) is 3.49. The van der Waals surface area contributed by atoms with Crippen molar-refractivity contribution in [1.29, 1.82) is 0 Å². The number of nitrogens with zero attached hydrogens (tertiary/aromatic N) is 3. The Morgan fingerprint density at radius 3 is 2.67 bits per heavy atom. The van der Waals surface area contributed by atoms with Crippen LogP contribution in [0.15, 0.2) is 47.6 Å².